The highest BCUT2D eigenvalue weighted by Crippen LogP contribution is 2.29. The summed E-state index contributed by atoms with van der Waals surface area (Å²) in [5.74, 6) is -0.352. The fraction of sp³-hybridized carbons (Fsp3) is 0.200. The van der Waals surface area contributed by atoms with E-state index in [1.807, 2.05) is 0 Å². The molecule has 26 heavy (non-hydrogen) atoms. The van der Waals surface area contributed by atoms with E-state index in [1.54, 1.807) is 0 Å². The van der Waals surface area contributed by atoms with Crippen molar-refractivity contribution in [1.29, 1.82) is 0 Å². The minimum atomic E-state index is -4.82. The van der Waals surface area contributed by atoms with Crippen LogP contribution < -0.4 is 20.5 Å². The first-order chi connectivity index (χ1) is 12.2. The molecule has 1 heterocycles. The summed E-state index contributed by atoms with van der Waals surface area (Å²) in [5, 5.41) is 3.15. The Kier molecular flexibility index (Phi) is 6.76. The van der Waals surface area contributed by atoms with Gasteiger partial charge in [-0.2, -0.15) is 0 Å². The molecule has 0 aliphatic carbocycles. The maximum absolute atomic E-state index is 12.4. The van der Waals surface area contributed by atoms with Gasteiger partial charge in [-0.1, -0.05) is 35.3 Å². The number of anilines is 1. The predicted molar refractivity (Wildman–Crippen MR) is 93.0 cm³/mol. The summed E-state index contributed by atoms with van der Waals surface area (Å²) in [4.78, 5) is 7.85. The zero-order valence-corrected chi connectivity index (χ0v) is 14.6. The van der Waals surface area contributed by atoms with Crippen molar-refractivity contribution >= 4 is 34.8 Å². The lowest BCUT2D eigenvalue weighted by molar-refractivity contribution is -0.274. The molecule has 2 rings (SSSR count). The number of ether oxygens (including phenoxy) is 2. The third-order valence-electron chi connectivity index (χ3n) is 2.76. The number of guanidine groups is 1. The van der Waals surface area contributed by atoms with Gasteiger partial charge in [-0.05, 0) is 18.2 Å². The van der Waals surface area contributed by atoms with Crippen LogP contribution in [0.4, 0.5) is 18.9 Å². The van der Waals surface area contributed by atoms with E-state index < -0.39 is 12.1 Å². The number of halogens is 5. The van der Waals surface area contributed by atoms with Gasteiger partial charge in [0.25, 0.3) is 0 Å². The minimum absolute atomic E-state index is 0.0226. The number of hydrogen-bond acceptors (Lipinski definition) is 4. The third kappa shape index (κ3) is 6.49. The quantitative estimate of drug-likeness (QED) is 0.427. The monoisotopic (exact) mass is 408 g/mol. The van der Waals surface area contributed by atoms with Crippen molar-refractivity contribution in [2.45, 2.75) is 6.36 Å². The van der Waals surface area contributed by atoms with Crippen LogP contribution in [0.25, 0.3) is 0 Å². The van der Waals surface area contributed by atoms with Crippen molar-refractivity contribution in [2.75, 3.05) is 18.5 Å². The zero-order valence-electron chi connectivity index (χ0n) is 13.1. The number of para-hydroxylation sites is 2. The normalized spacial score (nSPS) is 12.0. The van der Waals surface area contributed by atoms with Crippen LogP contribution in [0.3, 0.4) is 0 Å². The van der Waals surface area contributed by atoms with Gasteiger partial charge in [-0.15, -0.1) is 13.2 Å². The second-order valence-corrected chi connectivity index (χ2v) is 5.57. The lowest BCUT2D eigenvalue weighted by Gasteiger charge is -2.14. The average Bonchev–Trinajstić information content (AvgIpc) is 2.54. The number of aliphatic imine (C=N–C) groups is 1. The lowest BCUT2D eigenvalue weighted by atomic mass is 10.3. The van der Waals surface area contributed by atoms with Gasteiger partial charge in [0.2, 0.25) is 5.88 Å². The summed E-state index contributed by atoms with van der Waals surface area (Å²) < 4.78 is 46.3. The maximum Gasteiger partial charge on any atom is 0.573 e. The van der Waals surface area contributed by atoms with Gasteiger partial charge in [0, 0.05) is 6.20 Å². The van der Waals surface area contributed by atoms with Crippen molar-refractivity contribution < 1.29 is 22.6 Å². The van der Waals surface area contributed by atoms with Crippen molar-refractivity contribution in [1.82, 2.24) is 4.98 Å². The Balaban J connectivity index is 1.90. The predicted octanol–water partition coefficient (Wildman–Crippen LogP) is 4.09. The molecule has 0 fully saturated rings. The molecule has 0 aliphatic rings. The van der Waals surface area contributed by atoms with E-state index in [9.17, 15) is 13.2 Å². The van der Waals surface area contributed by atoms with E-state index in [0.29, 0.717) is 5.02 Å². The Hall–Kier alpha value is -2.39. The minimum Gasteiger partial charge on any atom is -0.475 e. The lowest BCUT2D eigenvalue weighted by Crippen LogP contribution is -2.25. The Morgan fingerprint density at radius 2 is 2.00 bits per heavy atom. The summed E-state index contributed by atoms with van der Waals surface area (Å²) in [6.45, 7) is 0.208. The van der Waals surface area contributed by atoms with E-state index in [2.05, 4.69) is 20.0 Å². The highest BCUT2D eigenvalue weighted by Gasteiger charge is 2.32. The molecule has 0 spiro atoms. The Labute approximate surface area is 156 Å². The standard InChI is InChI=1S/C15H13Cl2F3N4O2/c16-9-7-10(17)13(23-8-9)25-6-5-22-14(21)24-11-3-1-2-4-12(11)26-15(18,19)20/h1-4,7-8H,5-6H2,(H3,21,22,24). The van der Waals surface area contributed by atoms with Crippen LogP contribution in [-0.4, -0.2) is 30.5 Å². The van der Waals surface area contributed by atoms with Gasteiger partial charge >= 0.3 is 6.36 Å². The SMILES string of the molecule is NC(=NCCOc1ncc(Cl)cc1Cl)Nc1ccccc1OC(F)(F)F. The third-order valence-corrected chi connectivity index (χ3v) is 3.24. The van der Waals surface area contributed by atoms with Crippen molar-refractivity contribution in [3.8, 4) is 11.6 Å². The molecular formula is C15H13Cl2F3N4O2. The van der Waals surface area contributed by atoms with E-state index >= 15 is 0 Å². The molecule has 1 aromatic carbocycles. The highest BCUT2D eigenvalue weighted by atomic mass is 35.5. The molecule has 1 aromatic heterocycles. The van der Waals surface area contributed by atoms with Gasteiger partial charge in [-0.25, -0.2) is 9.98 Å². The second-order valence-electron chi connectivity index (χ2n) is 4.72. The Morgan fingerprint density at radius 1 is 1.27 bits per heavy atom. The molecule has 0 saturated carbocycles. The van der Waals surface area contributed by atoms with Gasteiger partial charge in [0.1, 0.15) is 11.6 Å². The highest BCUT2D eigenvalue weighted by molar-refractivity contribution is 6.35. The van der Waals surface area contributed by atoms with E-state index in [0.717, 1.165) is 6.07 Å². The number of aromatic nitrogens is 1. The van der Waals surface area contributed by atoms with Crippen LogP contribution in [0.2, 0.25) is 10.0 Å². The molecule has 0 atom stereocenters. The molecule has 11 heteroatoms. The van der Waals surface area contributed by atoms with Crippen LogP contribution in [0.15, 0.2) is 41.5 Å². The zero-order chi connectivity index (χ0) is 19.2. The molecule has 0 aliphatic heterocycles. The molecule has 2 aromatic rings. The summed E-state index contributed by atoms with van der Waals surface area (Å²) >= 11 is 11.6. The topological polar surface area (TPSA) is 81.8 Å². The molecule has 0 radical (unpaired) electrons. The molecule has 140 valence electrons. The molecule has 0 bridgehead atoms. The van der Waals surface area contributed by atoms with Crippen LogP contribution in [0, 0.1) is 0 Å². The fourth-order valence-electron chi connectivity index (χ4n) is 1.78. The average molecular weight is 409 g/mol. The number of pyridine rings is 1. The number of benzene rings is 1. The van der Waals surface area contributed by atoms with Gasteiger partial charge in [0.05, 0.1) is 17.3 Å². The largest absolute Gasteiger partial charge is 0.573 e. The van der Waals surface area contributed by atoms with Crippen molar-refractivity contribution in [3.63, 3.8) is 0 Å². The smallest absolute Gasteiger partial charge is 0.475 e. The number of hydrogen-bond donors (Lipinski definition) is 2. The first-order valence-electron chi connectivity index (χ1n) is 7.10. The van der Waals surface area contributed by atoms with Crippen molar-refractivity contribution in [3.05, 3.63) is 46.6 Å². The number of nitrogens with zero attached hydrogens (tertiary/aromatic N) is 2. The van der Waals surface area contributed by atoms with Gasteiger partial charge < -0.3 is 20.5 Å². The molecular weight excluding hydrogens is 396 g/mol. The number of rotatable bonds is 6. The van der Waals surface area contributed by atoms with E-state index in [4.69, 9.17) is 33.7 Å². The van der Waals surface area contributed by atoms with E-state index in [1.165, 1.54) is 30.5 Å². The van der Waals surface area contributed by atoms with Gasteiger partial charge in [-0.3, -0.25) is 0 Å². The molecule has 0 unspecified atom stereocenters. The molecule has 0 amide bonds. The first kappa shape index (κ1) is 19.9. The van der Waals surface area contributed by atoms with E-state index in [-0.39, 0.29) is 35.7 Å². The summed E-state index contributed by atoms with van der Waals surface area (Å²) in [6.07, 6.45) is -3.44. The Morgan fingerprint density at radius 3 is 2.69 bits per heavy atom. The van der Waals surface area contributed by atoms with Gasteiger partial charge in [0.15, 0.2) is 11.7 Å². The van der Waals surface area contributed by atoms with Crippen LogP contribution in [0.1, 0.15) is 0 Å². The second kappa shape index (κ2) is 8.81. The molecule has 0 saturated heterocycles. The summed E-state index contributed by atoms with van der Waals surface area (Å²) in [5.41, 5.74) is 5.68. The summed E-state index contributed by atoms with van der Waals surface area (Å²) in [7, 11) is 0. The maximum atomic E-state index is 12.4. The fourth-order valence-corrected chi connectivity index (χ4v) is 2.21. The molecule has 3 N–H and O–H groups in total. The number of nitrogens with two attached hydrogens (primary N) is 1. The number of alkyl halides is 3. The number of nitrogens with one attached hydrogen (secondary N) is 1. The van der Waals surface area contributed by atoms with Crippen molar-refractivity contribution in [2.24, 2.45) is 10.7 Å². The summed E-state index contributed by atoms with van der Waals surface area (Å²) in [6, 6.07) is 6.92. The molecule has 6 nitrogen and oxygen atoms in total. The van der Waals surface area contributed by atoms with Crippen LogP contribution in [0.5, 0.6) is 11.6 Å². The van der Waals surface area contributed by atoms with Crippen LogP contribution >= 0.6 is 23.2 Å². The first-order valence-corrected chi connectivity index (χ1v) is 7.86. The Bertz CT molecular complexity index is 788. The van der Waals surface area contributed by atoms with Crippen LogP contribution in [-0.2, 0) is 0 Å².